The molecule has 0 heterocycles. The lowest BCUT2D eigenvalue weighted by molar-refractivity contribution is -0.135. The van der Waals surface area contributed by atoms with Crippen LogP contribution in [0, 0.1) is 0 Å². The van der Waals surface area contributed by atoms with Crippen molar-refractivity contribution in [1.82, 2.24) is 0 Å². The Morgan fingerprint density at radius 3 is 2.60 bits per heavy atom. The molecule has 5 nitrogen and oxygen atoms in total. The van der Waals surface area contributed by atoms with Gasteiger partial charge in [-0.25, -0.2) is 4.79 Å². The van der Waals surface area contributed by atoms with Crippen molar-refractivity contribution in [3.05, 3.63) is 29.8 Å². The lowest BCUT2D eigenvalue weighted by Crippen LogP contribution is -2.30. The van der Waals surface area contributed by atoms with E-state index in [1.807, 2.05) is 0 Å². The van der Waals surface area contributed by atoms with E-state index in [1.54, 1.807) is 12.1 Å². The number of hydrogen-bond acceptors (Lipinski definition) is 4. The van der Waals surface area contributed by atoms with Crippen molar-refractivity contribution in [1.29, 1.82) is 0 Å². The van der Waals surface area contributed by atoms with Gasteiger partial charge in [-0.2, -0.15) is 0 Å². The minimum atomic E-state index is -0.706. The zero-order valence-corrected chi connectivity index (χ0v) is 8.27. The second-order valence-corrected chi connectivity index (χ2v) is 3.10. The van der Waals surface area contributed by atoms with Crippen molar-refractivity contribution in [3.8, 4) is 5.75 Å². The third kappa shape index (κ3) is 3.07. The van der Waals surface area contributed by atoms with Crippen LogP contribution in [0.2, 0.25) is 0 Å². The predicted octanol–water partition coefficient (Wildman–Crippen LogP) is 0.0381. The first kappa shape index (κ1) is 11.2. The first-order valence-electron chi connectivity index (χ1n) is 4.38. The monoisotopic (exact) mass is 208 g/mol. The van der Waals surface area contributed by atoms with Crippen molar-refractivity contribution in [2.75, 3.05) is 0 Å². The number of nitrogens with two attached hydrogens (primary N) is 2. The van der Waals surface area contributed by atoms with Crippen LogP contribution < -0.4 is 16.2 Å². The Bertz CT molecular complexity index is 388. The van der Waals surface area contributed by atoms with Gasteiger partial charge in [-0.1, -0.05) is 6.07 Å². The van der Waals surface area contributed by atoms with Gasteiger partial charge in [-0.05, 0) is 25.1 Å². The number of carbonyl (C=O) groups excluding carboxylic acids is 2. The molecule has 1 aromatic carbocycles. The molecule has 4 N–H and O–H groups in total. The van der Waals surface area contributed by atoms with Gasteiger partial charge in [0, 0.05) is 5.56 Å². The molecule has 1 amide bonds. The number of carbonyl (C=O) groups is 2. The van der Waals surface area contributed by atoms with E-state index in [4.69, 9.17) is 16.2 Å². The van der Waals surface area contributed by atoms with Crippen LogP contribution in [0.3, 0.4) is 0 Å². The molecular weight excluding hydrogens is 196 g/mol. The van der Waals surface area contributed by atoms with Gasteiger partial charge >= 0.3 is 5.97 Å². The molecular formula is C10H12N2O3. The summed E-state index contributed by atoms with van der Waals surface area (Å²) >= 11 is 0. The summed E-state index contributed by atoms with van der Waals surface area (Å²) in [6.07, 6.45) is 0. The molecule has 1 rings (SSSR count). The summed E-state index contributed by atoms with van der Waals surface area (Å²) in [7, 11) is 0. The molecule has 0 aromatic heterocycles. The molecule has 0 fully saturated rings. The molecule has 0 saturated heterocycles. The Balaban J connectivity index is 2.83. The van der Waals surface area contributed by atoms with Crippen LogP contribution in [0.4, 0.5) is 0 Å². The Hall–Kier alpha value is -1.88. The molecule has 5 heteroatoms. The van der Waals surface area contributed by atoms with Crippen molar-refractivity contribution in [2.24, 2.45) is 11.5 Å². The molecule has 0 bridgehead atoms. The Morgan fingerprint density at radius 1 is 1.40 bits per heavy atom. The maximum atomic E-state index is 11.1. The number of rotatable bonds is 3. The van der Waals surface area contributed by atoms with Crippen molar-refractivity contribution in [3.63, 3.8) is 0 Å². The quantitative estimate of drug-likeness (QED) is 0.541. The van der Waals surface area contributed by atoms with Crippen LogP contribution in [0.5, 0.6) is 5.75 Å². The molecule has 1 aromatic rings. The fourth-order valence-corrected chi connectivity index (χ4v) is 0.922. The predicted molar refractivity (Wildman–Crippen MR) is 54.2 cm³/mol. The second kappa shape index (κ2) is 4.56. The van der Waals surface area contributed by atoms with E-state index in [2.05, 4.69) is 0 Å². The third-order valence-corrected chi connectivity index (χ3v) is 1.71. The van der Waals surface area contributed by atoms with Gasteiger partial charge in [0.1, 0.15) is 11.8 Å². The molecule has 0 aliphatic carbocycles. The van der Waals surface area contributed by atoms with Gasteiger partial charge in [0.15, 0.2) is 0 Å². The van der Waals surface area contributed by atoms with E-state index in [0.29, 0.717) is 0 Å². The van der Waals surface area contributed by atoms with Gasteiger partial charge < -0.3 is 16.2 Å². The lowest BCUT2D eigenvalue weighted by Gasteiger charge is -2.06. The normalized spacial score (nSPS) is 11.9. The van der Waals surface area contributed by atoms with Crippen LogP contribution in [0.1, 0.15) is 17.3 Å². The molecule has 0 aliphatic rings. The maximum absolute atomic E-state index is 11.1. The van der Waals surface area contributed by atoms with Crippen molar-refractivity contribution < 1.29 is 14.3 Å². The number of amides is 1. The molecule has 0 spiro atoms. The third-order valence-electron chi connectivity index (χ3n) is 1.71. The highest BCUT2D eigenvalue weighted by atomic mass is 16.5. The minimum absolute atomic E-state index is 0.258. The average molecular weight is 208 g/mol. The summed E-state index contributed by atoms with van der Waals surface area (Å²) in [5, 5.41) is 0. The maximum Gasteiger partial charge on any atom is 0.328 e. The summed E-state index contributed by atoms with van der Waals surface area (Å²) in [6, 6.07) is 5.34. The minimum Gasteiger partial charge on any atom is -0.425 e. The summed E-state index contributed by atoms with van der Waals surface area (Å²) < 4.78 is 4.89. The Labute approximate surface area is 87.0 Å². The first-order chi connectivity index (χ1) is 7.00. The molecule has 0 saturated carbocycles. The fraction of sp³-hybridized carbons (Fsp3) is 0.200. The van der Waals surface area contributed by atoms with E-state index >= 15 is 0 Å². The molecule has 80 valence electrons. The van der Waals surface area contributed by atoms with E-state index < -0.39 is 17.9 Å². The topological polar surface area (TPSA) is 95.4 Å². The highest BCUT2D eigenvalue weighted by Crippen LogP contribution is 2.13. The Morgan fingerprint density at radius 2 is 2.07 bits per heavy atom. The molecule has 1 atom stereocenters. The summed E-state index contributed by atoms with van der Waals surface area (Å²) in [6.45, 7) is 1.51. The van der Waals surface area contributed by atoms with Gasteiger partial charge in [-0.15, -0.1) is 0 Å². The van der Waals surface area contributed by atoms with E-state index in [0.717, 1.165) is 0 Å². The van der Waals surface area contributed by atoms with E-state index in [1.165, 1.54) is 19.1 Å². The molecule has 0 unspecified atom stereocenters. The van der Waals surface area contributed by atoms with E-state index in [-0.39, 0.29) is 11.3 Å². The zero-order valence-electron chi connectivity index (χ0n) is 8.27. The average Bonchev–Trinajstić information content (AvgIpc) is 2.18. The van der Waals surface area contributed by atoms with Crippen LogP contribution in [-0.2, 0) is 4.79 Å². The largest absolute Gasteiger partial charge is 0.425 e. The van der Waals surface area contributed by atoms with Crippen LogP contribution >= 0.6 is 0 Å². The highest BCUT2D eigenvalue weighted by molar-refractivity contribution is 5.93. The van der Waals surface area contributed by atoms with E-state index in [9.17, 15) is 9.59 Å². The molecule has 0 aliphatic heterocycles. The second-order valence-electron chi connectivity index (χ2n) is 3.10. The highest BCUT2D eigenvalue weighted by Gasteiger charge is 2.10. The number of benzene rings is 1. The fourth-order valence-electron chi connectivity index (χ4n) is 0.922. The first-order valence-corrected chi connectivity index (χ1v) is 4.38. The smallest absolute Gasteiger partial charge is 0.328 e. The summed E-state index contributed by atoms with van der Waals surface area (Å²) in [5.41, 5.74) is 10.7. The standard InChI is InChI=1S/C10H12N2O3/c1-6(11)10(14)15-8-4-2-3-7(5-8)9(12)13/h2-6H,11H2,1H3,(H2,12,13)/t6-/m0/s1. The SMILES string of the molecule is C[C@H](N)C(=O)Oc1cccc(C(N)=O)c1. The number of hydrogen-bond donors (Lipinski definition) is 2. The van der Waals surface area contributed by atoms with Gasteiger partial charge in [-0.3, -0.25) is 4.79 Å². The van der Waals surface area contributed by atoms with Gasteiger partial charge in [0.05, 0.1) is 0 Å². The van der Waals surface area contributed by atoms with Crippen molar-refractivity contribution in [2.45, 2.75) is 13.0 Å². The number of primary amides is 1. The van der Waals surface area contributed by atoms with Crippen LogP contribution in [-0.4, -0.2) is 17.9 Å². The van der Waals surface area contributed by atoms with Gasteiger partial charge in [0.25, 0.3) is 0 Å². The summed E-state index contributed by atoms with van der Waals surface area (Å²) in [4.78, 5) is 22.0. The number of esters is 1. The van der Waals surface area contributed by atoms with Crippen LogP contribution in [0.25, 0.3) is 0 Å². The van der Waals surface area contributed by atoms with Crippen molar-refractivity contribution >= 4 is 11.9 Å². The lowest BCUT2D eigenvalue weighted by atomic mass is 10.2. The number of ether oxygens (including phenoxy) is 1. The summed E-state index contributed by atoms with van der Waals surface area (Å²) in [5.74, 6) is -0.876. The molecule has 15 heavy (non-hydrogen) atoms. The Kier molecular flexibility index (Phi) is 3.41. The molecule has 0 radical (unpaired) electrons. The van der Waals surface area contributed by atoms with Gasteiger partial charge in [0.2, 0.25) is 5.91 Å². The van der Waals surface area contributed by atoms with Crippen LogP contribution in [0.15, 0.2) is 24.3 Å². The zero-order chi connectivity index (χ0) is 11.4.